The minimum absolute atomic E-state index is 0. The monoisotopic (exact) mass is 531 g/mol. The zero-order valence-corrected chi connectivity index (χ0v) is 20.6. The van der Waals surface area contributed by atoms with Crippen LogP contribution in [0.3, 0.4) is 0 Å². The minimum atomic E-state index is -0.520. The van der Waals surface area contributed by atoms with Gasteiger partial charge < -0.3 is 25.6 Å². The van der Waals surface area contributed by atoms with Crippen LogP contribution in [0.2, 0.25) is 0 Å². The summed E-state index contributed by atoms with van der Waals surface area (Å²) in [6, 6.07) is 10.0. The fourth-order valence-electron chi connectivity index (χ4n) is 3.09. The van der Waals surface area contributed by atoms with Crippen molar-refractivity contribution in [1.82, 2.24) is 20.9 Å². The second kappa shape index (κ2) is 12.6. The summed E-state index contributed by atoms with van der Waals surface area (Å²) in [4.78, 5) is 30.3. The van der Waals surface area contributed by atoms with Crippen LogP contribution in [-0.4, -0.2) is 67.7 Å². The third-order valence-corrected chi connectivity index (χ3v) is 4.41. The zero-order valence-electron chi connectivity index (χ0n) is 18.2. The van der Waals surface area contributed by atoms with Gasteiger partial charge in [0.05, 0.1) is 12.6 Å². The SMILES string of the molecule is CN=C(NCC(=O)NCCc1ccccc1)N1CCC(NC(=O)OC(C)(C)C)C1.I. The zero-order chi connectivity index (χ0) is 21.3. The highest BCUT2D eigenvalue weighted by Gasteiger charge is 2.27. The van der Waals surface area contributed by atoms with E-state index in [1.54, 1.807) is 7.05 Å². The number of carbonyl (C=O) groups excluding carboxylic acids is 2. The number of halogens is 1. The largest absolute Gasteiger partial charge is 0.444 e. The van der Waals surface area contributed by atoms with Crippen molar-refractivity contribution in [3.8, 4) is 0 Å². The first kappa shape index (κ1) is 26.0. The lowest BCUT2D eigenvalue weighted by molar-refractivity contribution is -0.120. The Hall–Kier alpha value is -2.04. The lowest BCUT2D eigenvalue weighted by atomic mass is 10.1. The van der Waals surface area contributed by atoms with Crippen molar-refractivity contribution >= 4 is 41.9 Å². The molecule has 9 heteroatoms. The second-order valence-electron chi connectivity index (χ2n) is 8.06. The van der Waals surface area contributed by atoms with Crippen LogP contribution < -0.4 is 16.0 Å². The molecule has 8 nitrogen and oxygen atoms in total. The molecule has 3 N–H and O–H groups in total. The molecule has 0 bridgehead atoms. The number of guanidine groups is 1. The molecule has 1 aromatic carbocycles. The molecule has 2 amide bonds. The fraction of sp³-hybridized carbons (Fsp3) is 0.571. The van der Waals surface area contributed by atoms with Crippen LogP contribution in [0.15, 0.2) is 35.3 Å². The van der Waals surface area contributed by atoms with Crippen molar-refractivity contribution in [3.05, 3.63) is 35.9 Å². The molecule has 30 heavy (non-hydrogen) atoms. The molecular formula is C21H34IN5O3. The Kier molecular flexibility index (Phi) is 10.9. The molecule has 1 fully saturated rings. The third-order valence-electron chi connectivity index (χ3n) is 4.41. The van der Waals surface area contributed by atoms with Gasteiger partial charge in [0, 0.05) is 26.7 Å². The van der Waals surface area contributed by atoms with Gasteiger partial charge in [-0.05, 0) is 39.2 Å². The summed E-state index contributed by atoms with van der Waals surface area (Å²) in [5, 5.41) is 8.89. The number of benzene rings is 1. The predicted molar refractivity (Wildman–Crippen MR) is 129 cm³/mol. The number of nitrogens with zero attached hydrogens (tertiary/aromatic N) is 2. The lowest BCUT2D eigenvalue weighted by Gasteiger charge is -2.23. The Morgan fingerprint density at radius 2 is 1.90 bits per heavy atom. The molecule has 0 spiro atoms. The summed E-state index contributed by atoms with van der Waals surface area (Å²) in [7, 11) is 1.68. The Morgan fingerprint density at radius 1 is 1.20 bits per heavy atom. The number of nitrogens with one attached hydrogen (secondary N) is 3. The van der Waals surface area contributed by atoms with E-state index in [0.717, 1.165) is 19.4 Å². The van der Waals surface area contributed by atoms with Gasteiger partial charge in [0.15, 0.2) is 5.96 Å². The van der Waals surface area contributed by atoms with Crippen LogP contribution in [0.1, 0.15) is 32.8 Å². The topological polar surface area (TPSA) is 95.1 Å². The van der Waals surface area contributed by atoms with E-state index in [1.807, 2.05) is 56.0 Å². The van der Waals surface area contributed by atoms with Gasteiger partial charge in [0.1, 0.15) is 5.60 Å². The summed E-state index contributed by atoms with van der Waals surface area (Å²) in [5.41, 5.74) is 0.672. The molecule has 1 heterocycles. The van der Waals surface area contributed by atoms with E-state index in [1.165, 1.54) is 5.56 Å². The Bertz CT molecular complexity index is 706. The molecule has 0 aromatic heterocycles. The highest BCUT2D eigenvalue weighted by Crippen LogP contribution is 2.12. The number of aliphatic imine (C=N–C) groups is 1. The average Bonchev–Trinajstić information content (AvgIpc) is 3.09. The molecule has 0 radical (unpaired) electrons. The summed E-state index contributed by atoms with van der Waals surface area (Å²) >= 11 is 0. The van der Waals surface area contributed by atoms with Crippen LogP contribution in [0, 0.1) is 0 Å². The first-order chi connectivity index (χ1) is 13.8. The van der Waals surface area contributed by atoms with Crippen LogP contribution in [0.5, 0.6) is 0 Å². The van der Waals surface area contributed by atoms with Gasteiger partial charge in [-0.3, -0.25) is 9.79 Å². The molecule has 1 aliphatic heterocycles. The molecule has 1 atom stereocenters. The van der Waals surface area contributed by atoms with E-state index in [0.29, 0.717) is 19.0 Å². The highest BCUT2D eigenvalue weighted by molar-refractivity contribution is 14.0. The van der Waals surface area contributed by atoms with E-state index in [9.17, 15) is 9.59 Å². The van der Waals surface area contributed by atoms with Crippen LogP contribution in [0.25, 0.3) is 0 Å². The summed E-state index contributed by atoms with van der Waals surface area (Å²) in [6.45, 7) is 7.62. The Morgan fingerprint density at radius 3 is 2.53 bits per heavy atom. The minimum Gasteiger partial charge on any atom is -0.444 e. The van der Waals surface area contributed by atoms with E-state index >= 15 is 0 Å². The number of ether oxygens (including phenoxy) is 1. The predicted octanol–water partition coefficient (Wildman–Crippen LogP) is 2.14. The lowest BCUT2D eigenvalue weighted by Crippen LogP contribution is -2.46. The van der Waals surface area contributed by atoms with E-state index in [-0.39, 0.29) is 42.5 Å². The molecule has 2 rings (SSSR count). The van der Waals surface area contributed by atoms with Gasteiger partial charge in [0.25, 0.3) is 0 Å². The Balaban J connectivity index is 0.00000450. The van der Waals surface area contributed by atoms with E-state index in [2.05, 4.69) is 20.9 Å². The van der Waals surface area contributed by atoms with E-state index in [4.69, 9.17) is 4.74 Å². The van der Waals surface area contributed by atoms with Crippen molar-refractivity contribution in [2.24, 2.45) is 4.99 Å². The fourth-order valence-corrected chi connectivity index (χ4v) is 3.09. The number of rotatable bonds is 6. The quantitative estimate of drug-likeness (QED) is 0.297. The van der Waals surface area contributed by atoms with E-state index < -0.39 is 11.7 Å². The molecule has 1 unspecified atom stereocenters. The standard InChI is InChI=1S/C21H33N5O3.HI/c1-21(2,3)29-20(28)25-17-11-13-26(15-17)19(22-4)24-14-18(27)23-12-10-16-8-6-5-7-9-16;/h5-9,17H,10-15H2,1-4H3,(H,22,24)(H,23,27)(H,25,28);1H. The van der Waals surface area contributed by atoms with Crippen LogP contribution >= 0.6 is 24.0 Å². The smallest absolute Gasteiger partial charge is 0.407 e. The number of amides is 2. The summed E-state index contributed by atoms with van der Waals surface area (Å²) in [6.07, 6.45) is 1.18. The molecular weight excluding hydrogens is 497 g/mol. The number of carbonyl (C=O) groups is 2. The molecule has 1 saturated heterocycles. The maximum atomic E-state index is 12.1. The summed E-state index contributed by atoms with van der Waals surface area (Å²) in [5.74, 6) is 0.571. The van der Waals surface area contributed by atoms with Crippen molar-refractivity contribution in [2.45, 2.75) is 45.3 Å². The van der Waals surface area contributed by atoms with Crippen LogP contribution in [0.4, 0.5) is 4.79 Å². The normalized spacial score (nSPS) is 16.5. The van der Waals surface area contributed by atoms with Crippen LogP contribution in [-0.2, 0) is 16.0 Å². The maximum Gasteiger partial charge on any atom is 0.407 e. The highest BCUT2D eigenvalue weighted by atomic mass is 127. The first-order valence-corrected chi connectivity index (χ1v) is 10.0. The summed E-state index contributed by atoms with van der Waals surface area (Å²) < 4.78 is 5.30. The van der Waals surface area contributed by atoms with Crippen molar-refractivity contribution in [2.75, 3.05) is 33.2 Å². The molecule has 1 aromatic rings. The second-order valence-corrected chi connectivity index (χ2v) is 8.06. The van der Waals surface area contributed by atoms with Gasteiger partial charge in [-0.25, -0.2) is 4.79 Å². The van der Waals surface area contributed by atoms with Gasteiger partial charge in [-0.15, -0.1) is 24.0 Å². The molecule has 0 saturated carbocycles. The molecule has 1 aliphatic rings. The van der Waals surface area contributed by atoms with Crippen molar-refractivity contribution in [3.63, 3.8) is 0 Å². The first-order valence-electron chi connectivity index (χ1n) is 10.0. The van der Waals surface area contributed by atoms with Crippen molar-refractivity contribution in [1.29, 1.82) is 0 Å². The molecule has 168 valence electrons. The Labute approximate surface area is 196 Å². The van der Waals surface area contributed by atoms with Gasteiger partial charge in [0.2, 0.25) is 5.91 Å². The number of hydrogen-bond donors (Lipinski definition) is 3. The number of likely N-dealkylation sites (tertiary alicyclic amines) is 1. The van der Waals surface area contributed by atoms with Gasteiger partial charge in [-0.1, -0.05) is 30.3 Å². The number of hydrogen-bond acceptors (Lipinski definition) is 4. The molecule has 0 aliphatic carbocycles. The van der Waals surface area contributed by atoms with Gasteiger partial charge in [-0.2, -0.15) is 0 Å². The number of alkyl carbamates (subject to hydrolysis) is 1. The van der Waals surface area contributed by atoms with Crippen molar-refractivity contribution < 1.29 is 14.3 Å². The maximum absolute atomic E-state index is 12.1. The van der Waals surface area contributed by atoms with Gasteiger partial charge >= 0.3 is 6.09 Å². The average molecular weight is 531 g/mol. The third kappa shape index (κ3) is 9.64.